The van der Waals surface area contributed by atoms with Crippen LogP contribution < -0.4 is 10.6 Å². The molecule has 1 aromatic carbocycles. The Hall–Kier alpha value is -2.01. The van der Waals surface area contributed by atoms with Crippen molar-refractivity contribution < 1.29 is 0 Å². The Morgan fingerprint density at radius 3 is 2.67 bits per heavy atom. The number of hydrogen-bond donors (Lipinski definition) is 2. The number of aryl methyl sites for hydroxylation is 3. The second kappa shape index (κ2) is 10.4. The van der Waals surface area contributed by atoms with Crippen LogP contribution in [0.5, 0.6) is 0 Å². The third-order valence-corrected chi connectivity index (χ3v) is 5.10. The Morgan fingerprint density at radius 1 is 1.30 bits per heavy atom. The fraction of sp³-hybridized carbons (Fsp3) is 0.524. The molecule has 0 radical (unpaired) electrons. The monoisotopic (exact) mass is 389 g/mol. The summed E-state index contributed by atoms with van der Waals surface area (Å²) < 4.78 is 1.95. The first-order valence-electron chi connectivity index (χ1n) is 9.69. The summed E-state index contributed by atoms with van der Waals surface area (Å²) in [5, 5.41) is 12.2. The van der Waals surface area contributed by atoms with E-state index in [1.165, 1.54) is 16.8 Å². The Morgan fingerprint density at radius 2 is 2.04 bits per heavy atom. The molecule has 6 heteroatoms. The number of hydrogen-bond acceptors (Lipinski definition) is 2. The number of halogens is 1. The standard InChI is InChI=1S/C21H32ClN5/c1-6-23-21(24-13-9-11-18-10-7-8-12-20(18)22)25-15(2)14-19-16(3)26-27(5)17(19)4/h7-8,10,12,15H,6,9,11,13-14H2,1-5H3,(H2,23,24,25). The van der Waals surface area contributed by atoms with Gasteiger partial charge in [0, 0.05) is 36.9 Å². The van der Waals surface area contributed by atoms with Crippen LogP contribution in [0.1, 0.15) is 42.8 Å². The van der Waals surface area contributed by atoms with Crippen LogP contribution >= 0.6 is 11.6 Å². The highest BCUT2D eigenvalue weighted by atomic mass is 35.5. The van der Waals surface area contributed by atoms with E-state index in [0.717, 1.165) is 49.0 Å². The highest BCUT2D eigenvalue weighted by Crippen LogP contribution is 2.16. The van der Waals surface area contributed by atoms with E-state index < -0.39 is 0 Å². The molecule has 0 saturated carbocycles. The molecule has 0 aliphatic rings. The summed E-state index contributed by atoms with van der Waals surface area (Å²) in [6, 6.07) is 8.28. The van der Waals surface area contributed by atoms with Gasteiger partial charge in [-0.25, -0.2) is 0 Å². The quantitative estimate of drug-likeness (QED) is 0.410. The molecule has 1 aromatic heterocycles. The van der Waals surface area contributed by atoms with E-state index in [4.69, 9.17) is 16.6 Å². The number of aromatic nitrogens is 2. The van der Waals surface area contributed by atoms with E-state index in [0.29, 0.717) is 0 Å². The van der Waals surface area contributed by atoms with Gasteiger partial charge in [-0.3, -0.25) is 9.67 Å². The molecule has 148 valence electrons. The van der Waals surface area contributed by atoms with Crippen molar-refractivity contribution in [2.24, 2.45) is 12.0 Å². The van der Waals surface area contributed by atoms with Crippen LogP contribution in [0.3, 0.4) is 0 Å². The lowest BCUT2D eigenvalue weighted by atomic mass is 10.1. The summed E-state index contributed by atoms with van der Waals surface area (Å²) in [7, 11) is 1.99. The van der Waals surface area contributed by atoms with Gasteiger partial charge in [0.1, 0.15) is 0 Å². The molecule has 1 atom stereocenters. The van der Waals surface area contributed by atoms with Gasteiger partial charge in [-0.2, -0.15) is 5.10 Å². The number of guanidine groups is 1. The van der Waals surface area contributed by atoms with Crippen LogP contribution in [0, 0.1) is 13.8 Å². The number of benzene rings is 1. The lowest BCUT2D eigenvalue weighted by molar-refractivity contribution is 0.634. The van der Waals surface area contributed by atoms with Crippen molar-refractivity contribution in [3.63, 3.8) is 0 Å². The van der Waals surface area contributed by atoms with Crippen LogP contribution in [0.4, 0.5) is 0 Å². The first kappa shape index (κ1) is 21.3. The van der Waals surface area contributed by atoms with E-state index in [-0.39, 0.29) is 6.04 Å². The average molecular weight is 390 g/mol. The molecule has 2 aromatic rings. The fourth-order valence-corrected chi connectivity index (χ4v) is 3.42. The van der Waals surface area contributed by atoms with Gasteiger partial charge in [-0.1, -0.05) is 29.8 Å². The molecule has 1 heterocycles. The number of nitrogens with one attached hydrogen (secondary N) is 2. The summed E-state index contributed by atoms with van der Waals surface area (Å²) in [6.45, 7) is 10.1. The minimum Gasteiger partial charge on any atom is -0.357 e. The van der Waals surface area contributed by atoms with Crippen LogP contribution in [-0.4, -0.2) is 34.9 Å². The Bertz CT molecular complexity index is 766. The molecule has 0 aliphatic heterocycles. The number of nitrogens with zero attached hydrogens (tertiary/aromatic N) is 3. The third kappa shape index (κ3) is 6.28. The fourth-order valence-electron chi connectivity index (χ4n) is 3.19. The topological polar surface area (TPSA) is 54.2 Å². The van der Waals surface area contributed by atoms with Crippen LogP contribution in [-0.2, 0) is 19.9 Å². The molecule has 5 nitrogen and oxygen atoms in total. The van der Waals surface area contributed by atoms with Crippen LogP contribution in [0.25, 0.3) is 0 Å². The molecule has 0 aliphatic carbocycles. The van der Waals surface area contributed by atoms with Crippen molar-refractivity contribution in [1.29, 1.82) is 0 Å². The maximum Gasteiger partial charge on any atom is 0.191 e. The zero-order valence-electron chi connectivity index (χ0n) is 17.1. The third-order valence-electron chi connectivity index (χ3n) is 4.73. The number of rotatable bonds is 8. The van der Waals surface area contributed by atoms with Gasteiger partial charge >= 0.3 is 0 Å². The normalized spacial score (nSPS) is 12.9. The molecule has 0 amide bonds. The van der Waals surface area contributed by atoms with Gasteiger partial charge < -0.3 is 10.6 Å². The van der Waals surface area contributed by atoms with Crippen molar-refractivity contribution >= 4 is 17.6 Å². The van der Waals surface area contributed by atoms with E-state index in [1.807, 2.05) is 29.9 Å². The first-order chi connectivity index (χ1) is 12.9. The van der Waals surface area contributed by atoms with E-state index in [9.17, 15) is 0 Å². The Kier molecular flexibility index (Phi) is 8.17. The summed E-state index contributed by atoms with van der Waals surface area (Å²) in [5.74, 6) is 0.864. The Labute approximate surface area is 168 Å². The van der Waals surface area contributed by atoms with Crippen LogP contribution in [0.2, 0.25) is 5.02 Å². The highest BCUT2D eigenvalue weighted by molar-refractivity contribution is 6.31. The maximum atomic E-state index is 6.22. The smallest absolute Gasteiger partial charge is 0.191 e. The van der Waals surface area contributed by atoms with E-state index in [1.54, 1.807) is 0 Å². The average Bonchev–Trinajstić information content (AvgIpc) is 2.86. The highest BCUT2D eigenvalue weighted by Gasteiger charge is 2.14. The predicted molar refractivity (Wildman–Crippen MR) is 115 cm³/mol. The summed E-state index contributed by atoms with van der Waals surface area (Å²) in [5.41, 5.74) is 4.82. The van der Waals surface area contributed by atoms with Crippen LogP contribution in [0.15, 0.2) is 29.3 Å². The van der Waals surface area contributed by atoms with Gasteiger partial charge in [-0.05, 0) is 64.2 Å². The van der Waals surface area contributed by atoms with Crippen molar-refractivity contribution in [2.45, 2.75) is 53.0 Å². The van der Waals surface area contributed by atoms with Gasteiger partial charge in [0.2, 0.25) is 0 Å². The van der Waals surface area contributed by atoms with E-state index in [2.05, 4.69) is 49.5 Å². The van der Waals surface area contributed by atoms with E-state index >= 15 is 0 Å². The summed E-state index contributed by atoms with van der Waals surface area (Å²) >= 11 is 6.22. The molecule has 1 unspecified atom stereocenters. The molecule has 0 bridgehead atoms. The molecule has 0 saturated heterocycles. The lowest BCUT2D eigenvalue weighted by Crippen LogP contribution is -2.43. The predicted octanol–water partition coefficient (Wildman–Crippen LogP) is 3.81. The number of aliphatic imine (C=N–C) groups is 1. The van der Waals surface area contributed by atoms with Gasteiger partial charge in [0.15, 0.2) is 5.96 Å². The lowest BCUT2D eigenvalue weighted by Gasteiger charge is -2.18. The summed E-state index contributed by atoms with van der Waals surface area (Å²) in [6.07, 6.45) is 2.83. The molecular weight excluding hydrogens is 358 g/mol. The largest absolute Gasteiger partial charge is 0.357 e. The molecule has 0 spiro atoms. The second-order valence-corrected chi connectivity index (χ2v) is 7.39. The Balaban J connectivity index is 1.89. The molecule has 2 rings (SSSR count). The summed E-state index contributed by atoms with van der Waals surface area (Å²) in [4.78, 5) is 4.72. The molecule has 0 fully saturated rings. The maximum absolute atomic E-state index is 6.22. The molecule has 27 heavy (non-hydrogen) atoms. The zero-order chi connectivity index (χ0) is 19.8. The van der Waals surface area contributed by atoms with Crippen molar-refractivity contribution in [3.8, 4) is 0 Å². The van der Waals surface area contributed by atoms with Crippen molar-refractivity contribution in [2.75, 3.05) is 13.1 Å². The van der Waals surface area contributed by atoms with Crippen molar-refractivity contribution in [3.05, 3.63) is 51.8 Å². The minimum atomic E-state index is 0.271. The minimum absolute atomic E-state index is 0.271. The van der Waals surface area contributed by atoms with Gasteiger partial charge in [0.05, 0.1) is 5.69 Å². The molecular formula is C21H32ClN5. The second-order valence-electron chi connectivity index (χ2n) is 6.98. The zero-order valence-corrected chi connectivity index (χ0v) is 17.9. The van der Waals surface area contributed by atoms with Gasteiger partial charge in [0.25, 0.3) is 0 Å². The molecule has 2 N–H and O–H groups in total. The SMILES string of the molecule is CCNC(=NCCCc1ccccc1Cl)NC(C)Cc1c(C)nn(C)c1C. The van der Waals surface area contributed by atoms with Gasteiger partial charge in [-0.15, -0.1) is 0 Å². The first-order valence-corrected chi connectivity index (χ1v) is 10.1. The van der Waals surface area contributed by atoms with Crippen molar-refractivity contribution in [1.82, 2.24) is 20.4 Å².